The van der Waals surface area contributed by atoms with Gasteiger partial charge in [-0.05, 0) is 25.3 Å². The second kappa shape index (κ2) is 4.73. The lowest BCUT2D eigenvalue weighted by molar-refractivity contribution is 0.0696. The van der Waals surface area contributed by atoms with E-state index < -0.39 is 5.97 Å². The van der Waals surface area contributed by atoms with Crippen molar-refractivity contribution in [2.75, 3.05) is 11.9 Å². The van der Waals surface area contributed by atoms with Gasteiger partial charge in [0.1, 0.15) is 5.56 Å². The molecule has 0 aliphatic heterocycles. The van der Waals surface area contributed by atoms with Crippen molar-refractivity contribution < 1.29 is 9.90 Å². The van der Waals surface area contributed by atoms with Crippen molar-refractivity contribution in [2.24, 2.45) is 5.41 Å². The van der Waals surface area contributed by atoms with Gasteiger partial charge in [-0.1, -0.05) is 20.8 Å². The molecule has 0 spiro atoms. The Hall–Kier alpha value is -1.58. The van der Waals surface area contributed by atoms with E-state index in [0.29, 0.717) is 11.4 Å². The Labute approximate surface area is 102 Å². The van der Waals surface area contributed by atoms with Gasteiger partial charge in [-0.2, -0.15) is 0 Å². The van der Waals surface area contributed by atoms with Gasteiger partial charge in [0.2, 0.25) is 0 Å². The van der Waals surface area contributed by atoms with Crippen LogP contribution in [0.2, 0.25) is 0 Å². The predicted molar refractivity (Wildman–Crippen MR) is 68.6 cm³/mol. The highest BCUT2D eigenvalue weighted by molar-refractivity contribution is 5.95. The monoisotopic (exact) mass is 236 g/mol. The van der Waals surface area contributed by atoms with E-state index in [1.54, 1.807) is 13.0 Å². The average Bonchev–Trinajstić information content (AvgIpc) is 2.11. The molecule has 94 valence electrons. The van der Waals surface area contributed by atoms with Gasteiger partial charge in [0.05, 0.1) is 11.4 Å². The number of nitrogens with zero attached hydrogens (tertiary/aromatic N) is 1. The van der Waals surface area contributed by atoms with Crippen LogP contribution >= 0.6 is 0 Å². The molecule has 2 N–H and O–H groups in total. The van der Waals surface area contributed by atoms with E-state index in [0.717, 1.165) is 12.2 Å². The molecule has 4 heteroatoms. The van der Waals surface area contributed by atoms with E-state index in [-0.39, 0.29) is 11.0 Å². The number of aryl methyl sites for hydroxylation is 2. The Bertz CT molecular complexity index is 434. The summed E-state index contributed by atoms with van der Waals surface area (Å²) in [6.07, 6.45) is 0. The third-order valence-electron chi connectivity index (χ3n) is 2.35. The second-order valence-electron chi connectivity index (χ2n) is 5.49. The maximum atomic E-state index is 11.2. The lowest BCUT2D eigenvalue weighted by Crippen LogP contribution is -2.21. The van der Waals surface area contributed by atoms with Crippen LogP contribution in [0.3, 0.4) is 0 Å². The fraction of sp³-hybridized carbons (Fsp3) is 0.538. The zero-order chi connectivity index (χ0) is 13.2. The molecule has 0 amide bonds. The number of anilines is 1. The fourth-order valence-electron chi connectivity index (χ4n) is 1.60. The summed E-state index contributed by atoms with van der Waals surface area (Å²) in [4.78, 5) is 15.4. The topological polar surface area (TPSA) is 62.2 Å². The minimum atomic E-state index is -0.939. The summed E-state index contributed by atoms with van der Waals surface area (Å²) >= 11 is 0. The summed E-state index contributed by atoms with van der Waals surface area (Å²) < 4.78 is 0. The van der Waals surface area contributed by atoms with Crippen molar-refractivity contribution in [1.29, 1.82) is 0 Å². The Kier molecular flexibility index (Phi) is 3.76. The first-order valence-electron chi connectivity index (χ1n) is 5.66. The van der Waals surface area contributed by atoms with Gasteiger partial charge in [-0.25, -0.2) is 4.79 Å². The van der Waals surface area contributed by atoms with E-state index >= 15 is 0 Å². The standard InChI is InChI=1S/C13H20N2O2/c1-8-6-10(14-7-13(3,4)5)11(12(16)17)9(2)15-8/h6H,7H2,1-5H3,(H,14,15)(H,16,17). The van der Waals surface area contributed by atoms with Crippen molar-refractivity contribution in [2.45, 2.75) is 34.6 Å². The van der Waals surface area contributed by atoms with E-state index in [1.165, 1.54) is 0 Å². The maximum absolute atomic E-state index is 11.2. The molecule has 0 aliphatic carbocycles. The van der Waals surface area contributed by atoms with E-state index in [2.05, 4.69) is 31.1 Å². The van der Waals surface area contributed by atoms with Crippen molar-refractivity contribution in [1.82, 2.24) is 4.98 Å². The lowest BCUT2D eigenvalue weighted by atomic mass is 9.96. The summed E-state index contributed by atoms with van der Waals surface area (Å²) in [5, 5.41) is 12.4. The summed E-state index contributed by atoms with van der Waals surface area (Å²) in [6, 6.07) is 1.78. The maximum Gasteiger partial charge on any atom is 0.339 e. The van der Waals surface area contributed by atoms with Crippen molar-refractivity contribution in [3.63, 3.8) is 0 Å². The molecule has 17 heavy (non-hydrogen) atoms. The van der Waals surface area contributed by atoms with Crippen LogP contribution in [-0.4, -0.2) is 22.6 Å². The predicted octanol–water partition coefficient (Wildman–Crippen LogP) is 2.85. The number of hydrogen-bond donors (Lipinski definition) is 2. The van der Waals surface area contributed by atoms with Gasteiger partial charge in [-0.15, -0.1) is 0 Å². The van der Waals surface area contributed by atoms with E-state index in [9.17, 15) is 9.90 Å². The fourth-order valence-corrected chi connectivity index (χ4v) is 1.60. The average molecular weight is 236 g/mol. The van der Waals surface area contributed by atoms with Crippen LogP contribution in [-0.2, 0) is 0 Å². The highest BCUT2D eigenvalue weighted by Crippen LogP contribution is 2.22. The molecule has 1 heterocycles. The number of nitrogens with one attached hydrogen (secondary N) is 1. The number of aromatic carboxylic acids is 1. The highest BCUT2D eigenvalue weighted by Gasteiger charge is 2.17. The Morgan fingerprint density at radius 2 is 2.00 bits per heavy atom. The molecule has 4 nitrogen and oxygen atoms in total. The first-order valence-corrected chi connectivity index (χ1v) is 5.66. The Balaban J connectivity index is 3.09. The van der Waals surface area contributed by atoms with Crippen LogP contribution in [0.15, 0.2) is 6.07 Å². The van der Waals surface area contributed by atoms with Crippen molar-refractivity contribution >= 4 is 11.7 Å². The van der Waals surface area contributed by atoms with Gasteiger partial charge >= 0.3 is 5.97 Å². The molecule has 1 aromatic rings. The van der Waals surface area contributed by atoms with Gasteiger partial charge in [0.25, 0.3) is 0 Å². The van der Waals surface area contributed by atoms with Crippen molar-refractivity contribution in [3.05, 3.63) is 23.0 Å². The van der Waals surface area contributed by atoms with Gasteiger partial charge in [-0.3, -0.25) is 4.98 Å². The molecule has 1 rings (SSSR count). The quantitative estimate of drug-likeness (QED) is 0.847. The van der Waals surface area contributed by atoms with Gasteiger partial charge in [0.15, 0.2) is 0 Å². The summed E-state index contributed by atoms with van der Waals surface area (Å²) in [6.45, 7) is 10.6. The van der Waals surface area contributed by atoms with E-state index in [4.69, 9.17) is 0 Å². The first-order chi connectivity index (χ1) is 7.70. The van der Waals surface area contributed by atoms with Crippen molar-refractivity contribution in [3.8, 4) is 0 Å². The van der Waals surface area contributed by atoms with Crippen LogP contribution in [0.25, 0.3) is 0 Å². The Morgan fingerprint density at radius 3 is 2.47 bits per heavy atom. The smallest absolute Gasteiger partial charge is 0.339 e. The number of carboxylic acid groups (broad SMARTS) is 1. The number of rotatable bonds is 3. The Morgan fingerprint density at radius 1 is 1.41 bits per heavy atom. The third kappa shape index (κ3) is 3.73. The van der Waals surface area contributed by atoms with E-state index in [1.807, 2.05) is 6.92 Å². The zero-order valence-electron chi connectivity index (χ0n) is 11.1. The van der Waals surface area contributed by atoms with Gasteiger partial charge < -0.3 is 10.4 Å². The van der Waals surface area contributed by atoms with Crippen LogP contribution in [0.1, 0.15) is 42.5 Å². The third-order valence-corrected chi connectivity index (χ3v) is 2.35. The molecular weight excluding hydrogens is 216 g/mol. The molecule has 0 atom stereocenters. The molecule has 0 fully saturated rings. The highest BCUT2D eigenvalue weighted by atomic mass is 16.4. The normalized spacial score (nSPS) is 11.4. The molecule has 1 aromatic heterocycles. The summed E-state index contributed by atoms with van der Waals surface area (Å²) in [7, 11) is 0. The lowest BCUT2D eigenvalue weighted by Gasteiger charge is -2.21. The molecular formula is C13H20N2O2. The van der Waals surface area contributed by atoms with Crippen LogP contribution in [0.4, 0.5) is 5.69 Å². The molecule has 0 aliphatic rings. The number of carbonyl (C=O) groups is 1. The first kappa shape index (κ1) is 13.5. The van der Waals surface area contributed by atoms with Crippen LogP contribution in [0, 0.1) is 19.3 Å². The number of carboxylic acids is 1. The minimum Gasteiger partial charge on any atom is -0.478 e. The molecule has 0 saturated heterocycles. The van der Waals surface area contributed by atoms with Crippen LogP contribution < -0.4 is 5.32 Å². The largest absolute Gasteiger partial charge is 0.478 e. The minimum absolute atomic E-state index is 0.0981. The number of hydrogen-bond acceptors (Lipinski definition) is 3. The number of pyridine rings is 1. The molecule has 0 bridgehead atoms. The molecule has 0 unspecified atom stereocenters. The molecule has 0 aromatic carbocycles. The summed E-state index contributed by atoms with van der Waals surface area (Å²) in [5.74, 6) is -0.939. The molecule has 0 saturated carbocycles. The van der Waals surface area contributed by atoms with Crippen LogP contribution in [0.5, 0.6) is 0 Å². The molecule has 0 radical (unpaired) electrons. The second-order valence-corrected chi connectivity index (χ2v) is 5.49. The summed E-state index contributed by atoms with van der Waals surface area (Å²) in [5.41, 5.74) is 2.39. The number of aromatic nitrogens is 1. The zero-order valence-corrected chi connectivity index (χ0v) is 11.1. The SMILES string of the molecule is Cc1cc(NCC(C)(C)C)c(C(=O)O)c(C)n1. The van der Waals surface area contributed by atoms with Gasteiger partial charge in [0, 0.05) is 12.2 Å².